The molecule has 59 heavy (non-hydrogen) atoms. The Bertz CT molecular complexity index is 1440. The van der Waals surface area contributed by atoms with Crippen molar-refractivity contribution >= 4 is 17.7 Å². The number of ether oxygens (including phenoxy) is 9. The molecule has 19 atom stereocenters. The van der Waals surface area contributed by atoms with Crippen molar-refractivity contribution in [1.29, 1.82) is 0 Å². The van der Waals surface area contributed by atoms with Crippen LogP contribution in [0.25, 0.3) is 0 Å². The molecule has 0 aromatic carbocycles. The van der Waals surface area contributed by atoms with Gasteiger partial charge in [0.05, 0.1) is 48.5 Å². The van der Waals surface area contributed by atoms with Gasteiger partial charge < -0.3 is 62.6 Å². The lowest BCUT2D eigenvalue weighted by Crippen LogP contribution is -2.61. The van der Waals surface area contributed by atoms with Crippen LogP contribution in [-0.2, 0) is 57.0 Å². The van der Waals surface area contributed by atoms with Gasteiger partial charge in [-0.2, -0.15) is 0 Å². The van der Waals surface area contributed by atoms with Crippen LogP contribution in [0.5, 0.6) is 0 Å². The van der Waals surface area contributed by atoms with Crippen molar-refractivity contribution < 1.29 is 67.2 Å². The fourth-order valence-corrected chi connectivity index (χ4v) is 9.79. The van der Waals surface area contributed by atoms with Gasteiger partial charge in [0.2, 0.25) is 0 Å². The van der Waals surface area contributed by atoms with Gasteiger partial charge in [0.1, 0.15) is 29.2 Å². The smallest absolute Gasteiger partial charge is 0.311 e. The number of fused-ring (bicyclic) bond motifs is 1. The Morgan fingerprint density at radius 1 is 0.847 bits per heavy atom. The van der Waals surface area contributed by atoms with E-state index in [1.54, 1.807) is 55.9 Å². The van der Waals surface area contributed by atoms with Gasteiger partial charge in [0, 0.05) is 64.0 Å². The molecule has 16 heteroatoms. The number of rotatable bonds is 12. The zero-order chi connectivity index (χ0) is 44.5. The maximum Gasteiger partial charge on any atom is 0.311 e. The summed E-state index contributed by atoms with van der Waals surface area (Å²) in [5.41, 5.74) is -4.08. The Balaban J connectivity index is 1.80. The van der Waals surface area contributed by atoms with Gasteiger partial charge in [0.25, 0.3) is 0 Å². The number of likely N-dealkylation sites (N-methyl/N-ethyl adjacent to an activating group) is 1. The fraction of sp³-hybridized carbons (Fsp3) is 0.930. The van der Waals surface area contributed by atoms with E-state index in [0.29, 0.717) is 13.0 Å². The maximum atomic E-state index is 14.3. The standard InChI is InChI=1S/C43H76N2O14/c1-22-20-41(8,52-15)36(59-40-34(51-14)29(45(12)13)19-23(2)54-40)25(4)33(26(5)39(49)58-37-27(6)43(37,50)35(48)24(3)32(22)47)57-31-21-42(9,53-16)38(28(7)55-31)56-30(46)17-18-44(10)11/h22-29,31,33-38,40,48,50H,17-21H2,1-16H3/t22-,23-,24+,25+,26-,27?,28+,29+,31+,33+,34-,35-,36-,37-,38+,40+,41+,42-,43+/m1/s1. The summed E-state index contributed by atoms with van der Waals surface area (Å²) in [4.78, 5) is 45.3. The molecule has 0 aromatic heterocycles. The third-order valence-corrected chi connectivity index (χ3v) is 13.9. The first kappa shape index (κ1) is 49.8. The molecular weight excluding hydrogens is 768 g/mol. The Hall–Kier alpha value is -1.83. The Morgan fingerprint density at radius 3 is 2.02 bits per heavy atom. The van der Waals surface area contributed by atoms with E-state index in [4.69, 9.17) is 42.6 Å². The Morgan fingerprint density at radius 2 is 1.46 bits per heavy atom. The van der Waals surface area contributed by atoms with Crippen LogP contribution in [0.1, 0.15) is 88.0 Å². The molecule has 4 fully saturated rings. The van der Waals surface area contributed by atoms with Crippen LogP contribution in [0.15, 0.2) is 0 Å². The minimum absolute atomic E-state index is 0.0618. The number of aliphatic hydroxyl groups is 2. The number of ketones is 1. The normalized spacial score (nSPS) is 46.4. The van der Waals surface area contributed by atoms with Gasteiger partial charge >= 0.3 is 11.9 Å². The summed E-state index contributed by atoms with van der Waals surface area (Å²) in [6, 6.07) is -0.0618. The number of carbonyl (C=O) groups is 3. The minimum atomic E-state index is -1.82. The Labute approximate surface area is 352 Å². The first-order valence-electron chi connectivity index (χ1n) is 21.3. The summed E-state index contributed by atoms with van der Waals surface area (Å²) in [7, 11) is 12.4. The van der Waals surface area contributed by atoms with Gasteiger partial charge in [-0.3, -0.25) is 14.4 Å². The molecule has 3 saturated heterocycles. The van der Waals surface area contributed by atoms with Crippen molar-refractivity contribution in [1.82, 2.24) is 9.80 Å². The molecule has 1 saturated carbocycles. The van der Waals surface area contributed by atoms with Crippen LogP contribution >= 0.6 is 0 Å². The minimum Gasteiger partial charge on any atom is -0.458 e. The highest BCUT2D eigenvalue weighted by atomic mass is 16.7. The monoisotopic (exact) mass is 845 g/mol. The first-order valence-corrected chi connectivity index (χ1v) is 21.3. The summed E-state index contributed by atoms with van der Waals surface area (Å²) < 4.78 is 57.3. The third-order valence-electron chi connectivity index (χ3n) is 13.9. The number of Topliss-reactive ketones (excluding diaryl/α,β-unsaturated/α-hetero) is 1. The molecule has 1 unspecified atom stereocenters. The second-order valence-electron chi connectivity index (χ2n) is 18.8. The van der Waals surface area contributed by atoms with Crippen LogP contribution in [0.2, 0.25) is 0 Å². The average Bonchev–Trinajstić information content (AvgIpc) is 3.71. The molecule has 3 heterocycles. The quantitative estimate of drug-likeness (QED) is 0.274. The second kappa shape index (κ2) is 19.7. The van der Waals surface area contributed by atoms with E-state index in [1.165, 1.54) is 0 Å². The average molecular weight is 845 g/mol. The van der Waals surface area contributed by atoms with Crippen molar-refractivity contribution in [3.05, 3.63) is 0 Å². The zero-order valence-corrected chi connectivity index (χ0v) is 38.5. The summed E-state index contributed by atoms with van der Waals surface area (Å²) in [6.45, 7) is 16.6. The topological polar surface area (TPSA) is 181 Å². The molecule has 4 rings (SSSR count). The molecule has 16 nitrogen and oxygen atoms in total. The van der Waals surface area contributed by atoms with Crippen molar-refractivity contribution in [2.24, 2.45) is 29.6 Å². The highest BCUT2D eigenvalue weighted by molar-refractivity contribution is 5.84. The second-order valence-corrected chi connectivity index (χ2v) is 18.8. The van der Waals surface area contributed by atoms with Crippen LogP contribution in [0.4, 0.5) is 0 Å². The number of hydrogen-bond donors (Lipinski definition) is 2. The number of esters is 2. The third kappa shape index (κ3) is 10.5. The molecule has 4 aliphatic rings. The molecule has 0 spiro atoms. The summed E-state index contributed by atoms with van der Waals surface area (Å²) in [5, 5.41) is 23.1. The van der Waals surface area contributed by atoms with Crippen molar-refractivity contribution in [3.63, 3.8) is 0 Å². The molecule has 0 radical (unpaired) electrons. The van der Waals surface area contributed by atoms with Crippen LogP contribution in [0.3, 0.4) is 0 Å². The van der Waals surface area contributed by atoms with Crippen LogP contribution in [0, 0.1) is 29.6 Å². The van der Waals surface area contributed by atoms with Gasteiger partial charge in [0.15, 0.2) is 18.7 Å². The van der Waals surface area contributed by atoms with Gasteiger partial charge in [-0.1, -0.05) is 27.7 Å². The van der Waals surface area contributed by atoms with E-state index in [0.717, 1.165) is 0 Å². The van der Waals surface area contributed by atoms with E-state index in [-0.39, 0.29) is 43.2 Å². The zero-order valence-electron chi connectivity index (χ0n) is 38.5. The molecule has 3 aliphatic heterocycles. The SMILES string of the molecule is CO[C@H]1[C@H](O[C@@H]2[C@@H](C)[C@H](O[C@H]3C[C@@](C)(OC)[C@@H](OC(=O)CCN(C)C)[C@H](C)O3)[C@@H](C)C(=O)O[C@@H]3C(C)[C@]3(O)[C@H](O)[C@@H](C)C(=O)[C@H](C)C[C@]2(C)OC)O[C@H](C)C[C@@H]1N(C)C. The van der Waals surface area contributed by atoms with Crippen LogP contribution < -0.4 is 0 Å². The number of hydrogen-bond acceptors (Lipinski definition) is 16. The lowest BCUT2D eigenvalue weighted by molar-refractivity contribution is -0.321. The lowest BCUT2D eigenvalue weighted by atomic mass is 9.75. The van der Waals surface area contributed by atoms with E-state index < -0.39 is 108 Å². The molecular formula is C43H76N2O14. The van der Waals surface area contributed by atoms with E-state index in [2.05, 4.69) is 4.90 Å². The van der Waals surface area contributed by atoms with Gasteiger partial charge in [-0.15, -0.1) is 0 Å². The number of nitrogens with zero attached hydrogens (tertiary/aromatic N) is 2. The fourth-order valence-electron chi connectivity index (χ4n) is 9.79. The maximum absolute atomic E-state index is 14.3. The summed E-state index contributed by atoms with van der Waals surface area (Å²) >= 11 is 0. The van der Waals surface area contributed by atoms with Gasteiger partial charge in [-0.05, 0) is 75.7 Å². The Kier molecular flexibility index (Phi) is 16.6. The molecule has 0 bridgehead atoms. The van der Waals surface area contributed by atoms with E-state index >= 15 is 0 Å². The largest absolute Gasteiger partial charge is 0.458 e. The predicted molar refractivity (Wildman–Crippen MR) is 216 cm³/mol. The number of carbonyl (C=O) groups excluding carboxylic acids is 3. The molecule has 2 N–H and O–H groups in total. The molecule has 342 valence electrons. The predicted octanol–water partition coefficient (Wildman–Crippen LogP) is 2.82. The van der Waals surface area contributed by atoms with Crippen molar-refractivity contribution in [2.45, 2.75) is 172 Å². The first-order chi connectivity index (χ1) is 27.4. The van der Waals surface area contributed by atoms with E-state index in [9.17, 15) is 24.6 Å². The van der Waals surface area contributed by atoms with Gasteiger partial charge in [-0.25, -0.2) is 0 Å². The number of aliphatic hydroxyl groups excluding tert-OH is 1. The van der Waals surface area contributed by atoms with Crippen molar-refractivity contribution in [2.75, 3.05) is 56.1 Å². The molecule has 0 amide bonds. The van der Waals surface area contributed by atoms with Crippen LogP contribution in [-0.4, -0.2) is 178 Å². The molecule has 1 aliphatic carbocycles. The summed E-state index contributed by atoms with van der Waals surface area (Å²) in [5.74, 6) is -5.30. The summed E-state index contributed by atoms with van der Waals surface area (Å²) in [6.07, 6.45) is -7.28. The molecule has 0 aromatic rings. The highest BCUT2D eigenvalue weighted by Gasteiger charge is 2.70. The lowest BCUT2D eigenvalue weighted by Gasteiger charge is -2.50. The highest BCUT2D eigenvalue weighted by Crippen LogP contribution is 2.52. The van der Waals surface area contributed by atoms with Crippen molar-refractivity contribution in [3.8, 4) is 0 Å². The van der Waals surface area contributed by atoms with E-state index in [1.807, 2.05) is 60.8 Å². The number of methoxy groups -OCH3 is 3.